The number of hydrogen-bond donors (Lipinski definition) is 1. The average Bonchev–Trinajstić information content (AvgIpc) is 2.88. The number of ether oxygens (including phenoxy) is 1. The topological polar surface area (TPSA) is 54.5 Å². The van der Waals surface area contributed by atoms with Gasteiger partial charge in [-0.15, -0.1) is 0 Å². The molecular weight excluding hydrogens is 254 g/mol. The molecule has 110 valence electrons. The molecule has 20 heavy (non-hydrogen) atoms. The molecule has 1 saturated heterocycles. The van der Waals surface area contributed by atoms with Gasteiger partial charge in [0.25, 0.3) is 0 Å². The molecule has 5 heteroatoms. The third kappa shape index (κ3) is 3.70. The number of anilines is 1. The maximum Gasteiger partial charge on any atom is 0.323 e. The van der Waals surface area contributed by atoms with Crippen molar-refractivity contribution in [1.29, 1.82) is 0 Å². The smallest absolute Gasteiger partial charge is 0.323 e. The largest absolute Gasteiger partial charge is 0.465 e. The lowest BCUT2D eigenvalue weighted by Gasteiger charge is -2.22. The van der Waals surface area contributed by atoms with Crippen LogP contribution >= 0.6 is 0 Å². The monoisotopic (exact) mass is 277 g/mol. The van der Waals surface area contributed by atoms with E-state index in [1.165, 1.54) is 5.56 Å². The molecule has 0 aliphatic carbocycles. The molecule has 1 unspecified atom stereocenters. The van der Waals surface area contributed by atoms with Crippen molar-refractivity contribution in [3.05, 3.63) is 23.9 Å². The van der Waals surface area contributed by atoms with Crippen LogP contribution in [0.25, 0.3) is 0 Å². The van der Waals surface area contributed by atoms with Gasteiger partial charge in [-0.3, -0.25) is 9.69 Å². The van der Waals surface area contributed by atoms with Gasteiger partial charge < -0.3 is 10.1 Å². The van der Waals surface area contributed by atoms with Crippen LogP contribution in [0, 0.1) is 0 Å². The molecule has 1 aliphatic heterocycles. The quantitative estimate of drug-likeness (QED) is 0.806. The van der Waals surface area contributed by atoms with E-state index in [1.54, 1.807) is 0 Å². The summed E-state index contributed by atoms with van der Waals surface area (Å²) in [7, 11) is 0. The van der Waals surface area contributed by atoms with Crippen LogP contribution in [0.3, 0.4) is 0 Å². The lowest BCUT2D eigenvalue weighted by atomic mass is 10.2. The lowest BCUT2D eigenvalue weighted by molar-refractivity contribution is -0.148. The first-order chi connectivity index (χ1) is 9.74. The minimum absolute atomic E-state index is 0.0917. The molecule has 1 fully saturated rings. The van der Waals surface area contributed by atoms with Gasteiger partial charge in [-0.25, -0.2) is 4.98 Å². The van der Waals surface area contributed by atoms with Gasteiger partial charge in [0, 0.05) is 19.3 Å². The van der Waals surface area contributed by atoms with E-state index in [1.807, 2.05) is 32.2 Å². The van der Waals surface area contributed by atoms with Gasteiger partial charge in [0.1, 0.15) is 11.9 Å². The predicted molar refractivity (Wildman–Crippen MR) is 78.5 cm³/mol. The number of nitrogens with zero attached hydrogens (tertiary/aromatic N) is 2. The number of esters is 1. The Labute approximate surface area is 120 Å². The van der Waals surface area contributed by atoms with E-state index in [0.717, 1.165) is 38.3 Å². The van der Waals surface area contributed by atoms with E-state index in [9.17, 15) is 4.79 Å². The van der Waals surface area contributed by atoms with Gasteiger partial charge in [-0.2, -0.15) is 0 Å². The summed E-state index contributed by atoms with van der Waals surface area (Å²) in [5, 5.41) is 3.21. The highest BCUT2D eigenvalue weighted by Crippen LogP contribution is 2.21. The van der Waals surface area contributed by atoms with E-state index in [-0.39, 0.29) is 12.0 Å². The fourth-order valence-electron chi connectivity index (χ4n) is 2.61. The summed E-state index contributed by atoms with van der Waals surface area (Å²) in [6.07, 6.45) is 3.75. The molecule has 1 aromatic heterocycles. The summed E-state index contributed by atoms with van der Waals surface area (Å²) in [4.78, 5) is 18.4. The molecule has 0 aromatic carbocycles. The van der Waals surface area contributed by atoms with Gasteiger partial charge in [-0.1, -0.05) is 0 Å². The number of rotatable bonds is 6. The molecule has 2 rings (SSSR count). The van der Waals surface area contributed by atoms with Crippen LogP contribution in [-0.4, -0.2) is 41.6 Å². The number of carbonyl (C=O) groups excluding carboxylic acids is 1. The summed E-state index contributed by atoms with van der Waals surface area (Å²) in [6, 6.07) is 3.96. The van der Waals surface area contributed by atoms with E-state index >= 15 is 0 Å². The maximum atomic E-state index is 11.9. The molecule has 0 bridgehead atoms. The third-order valence-corrected chi connectivity index (χ3v) is 3.49. The van der Waals surface area contributed by atoms with Crippen molar-refractivity contribution in [2.24, 2.45) is 0 Å². The molecule has 1 aliphatic rings. The fourth-order valence-corrected chi connectivity index (χ4v) is 2.61. The summed E-state index contributed by atoms with van der Waals surface area (Å²) in [5.74, 6) is 0.794. The summed E-state index contributed by atoms with van der Waals surface area (Å²) >= 11 is 0. The fraction of sp³-hybridized carbons (Fsp3) is 0.600. The lowest BCUT2D eigenvalue weighted by Crippen LogP contribution is -2.36. The number of pyridine rings is 1. The van der Waals surface area contributed by atoms with Crippen molar-refractivity contribution in [2.45, 2.75) is 39.3 Å². The molecule has 1 atom stereocenters. The van der Waals surface area contributed by atoms with Crippen LogP contribution in [0.15, 0.2) is 18.3 Å². The molecule has 0 saturated carbocycles. The first kappa shape index (κ1) is 14.8. The Morgan fingerprint density at radius 1 is 1.55 bits per heavy atom. The Morgan fingerprint density at radius 3 is 3.15 bits per heavy atom. The van der Waals surface area contributed by atoms with Crippen LogP contribution in [0.2, 0.25) is 0 Å². The minimum atomic E-state index is -0.0919. The van der Waals surface area contributed by atoms with Crippen molar-refractivity contribution in [3.63, 3.8) is 0 Å². The zero-order chi connectivity index (χ0) is 14.4. The minimum Gasteiger partial charge on any atom is -0.465 e. The van der Waals surface area contributed by atoms with E-state index in [0.29, 0.717) is 6.61 Å². The standard InChI is InChI=1S/C15H23N3O2/c1-3-16-14-10-12(7-8-17-14)11-18-9-5-6-13(18)15(19)20-4-2/h7-8,10,13H,3-6,9,11H2,1-2H3,(H,16,17). The van der Waals surface area contributed by atoms with Gasteiger partial charge in [0.2, 0.25) is 0 Å². The normalized spacial score (nSPS) is 19.0. The van der Waals surface area contributed by atoms with Crippen molar-refractivity contribution in [2.75, 3.05) is 25.0 Å². The second-order valence-electron chi connectivity index (χ2n) is 4.96. The Kier molecular flexibility index (Phi) is 5.35. The van der Waals surface area contributed by atoms with Gasteiger partial charge >= 0.3 is 5.97 Å². The van der Waals surface area contributed by atoms with Gasteiger partial charge in [-0.05, 0) is 50.9 Å². The van der Waals surface area contributed by atoms with Crippen LogP contribution < -0.4 is 5.32 Å². The number of carbonyl (C=O) groups is 1. The third-order valence-electron chi connectivity index (χ3n) is 3.49. The Balaban J connectivity index is 2.01. The van der Waals surface area contributed by atoms with E-state index in [2.05, 4.69) is 15.2 Å². The van der Waals surface area contributed by atoms with Crippen molar-refractivity contribution < 1.29 is 9.53 Å². The van der Waals surface area contributed by atoms with Gasteiger partial charge in [0.15, 0.2) is 0 Å². The Hall–Kier alpha value is -1.62. The van der Waals surface area contributed by atoms with Gasteiger partial charge in [0.05, 0.1) is 6.61 Å². The highest BCUT2D eigenvalue weighted by atomic mass is 16.5. The molecule has 2 heterocycles. The Bertz CT molecular complexity index is 450. The number of hydrogen-bond acceptors (Lipinski definition) is 5. The summed E-state index contributed by atoms with van der Waals surface area (Å²) in [6.45, 7) is 6.91. The van der Waals surface area contributed by atoms with Crippen molar-refractivity contribution in [3.8, 4) is 0 Å². The molecule has 5 nitrogen and oxygen atoms in total. The van der Waals surface area contributed by atoms with Crippen molar-refractivity contribution >= 4 is 11.8 Å². The maximum absolute atomic E-state index is 11.9. The summed E-state index contributed by atoms with van der Waals surface area (Å²) in [5.41, 5.74) is 1.17. The highest BCUT2D eigenvalue weighted by Gasteiger charge is 2.31. The van der Waals surface area contributed by atoms with Crippen molar-refractivity contribution in [1.82, 2.24) is 9.88 Å². The van der Waals surface area contributed by atoms with E-state index < -0.39 is 0 Å². The van der Waals surface area contributed by atoms with Crippen LogP contribution in [0.5, 0.6) is 0 Å². The first-order valence-corrected chi connectivity index (χ1v) is 7.34. The average molecular weight is 277 g/mol. The zero-order valence-corrected chi connectivity index (χ0v) is 12.3. The molecule has 0 radical (unpaired) electrons. The molecular formula is C15H23N3O2. The Morgan fingerprint density at radius 2 is 2.40 bits per heavy atom. The highest BCUT2D eigenvalue weighted by molar-refractivity contribution is 5.76. The number of nitrogens with one attached hydrogen (secondary N) is 1. The first-order valence-electron chi connectivity index (χ1n) is 7.34. The second-order valence-corrected chi connectivity index (χ2v) is 4.96. The summed E-state index contributed by atoms with van der Waals surface area (Å²) < 4.78 is 5.15. The molecule has 1 aromatic rings. The van der Waals surface area contributed by atoms with Crippen LogP contribution in [0.1, 0.15) is 32.3 Å². The SMILES string of the molecule is CCNc1cc(CN2CCCC2C(=O)OCC)ccn1. The number of aromatic nitrogens is 1. The number of likely N-dealkylation sites (tertiary alicyclic amines) is 1. The molecule has 0 amide bonds. The molecule has 1 N–H and O–H groups in total. The zero-order valence-electron chi connectivity index (χ0n) is 12.3. The second kappa shape index (κ2) is 7.24. The predicted octanol–water partition coefficient (Wildman–Crippen LogP) is 2.04. The van der Waals surface area contributed by atoms with E-state index in [4.69, 9.17) is 4.74 Å². The molecule has 0 spiro atoms. The van der Waals surface area contributed by atoms with Crippen LogP contribution in [-0.2, 0) is 16.1 Å². The van der Waals surface area contributed by atoms with Crippen LogP contribution in [0.4, 0.5) is 5.82 Å².